The molecule has 0 bridgehead atoms. The molecule has 1 N–H and O–H groups in total. The molecule has 0 spiro atoms. The SMILES string of the molecule is CCCCOC(=O)Nc1ncc(-c2ccccc2C#Cc2ccccc2OC)n1C(=O)OC(C)(C)C. The number of nitrogens with zero attached hydrogens (tertiary/aromatic N) is 2. The van der Waals surface area contributed by atoms with E-state index < -0.39 is 17.8 Å². The quantitative estimate of drug-likeness (QED) is 0.333. The zero-order valence-electron chi connectivity index (χ0n) is 21.3. The zero-order chi connectivity index (χ0) is 26.1. The summed E-state index contributed by atoms with van der Waals surface area (Å²) in [4.78, 5) is 29.8. The third-order valence-electron chi connectivity index (χ3n) is 4.92. The van der Waals surface area contributed by atoms with Crippen molar-refractivity contribution in [1.82, 2.24) is 9.55 Å². The topological polar surface area (TPSA) is 91.7 Å². The number of amides is 1. The predicted octanol–water partition coefficient (Wildman–Crippen LogP) is 6.09. The van der Waals surface area contributed by atoms with E-state index in [-0.39, 0.29) is 12.6 Å². The Kier molecular flexibility index (Phi) is 8.74. The first-order valence-corrected chi connectivity index (χ1v) is 11.7. The molecule has 1 aromatic heterocycles. The van der Waals surface area contributed by atoms with Gasteiger partial charge in [-0.05, 0) is 45.4 Å². The summed E-state index contributed by atoms with van der Waals surface area (Å²) in [6.07, 6.45) is 1.73. The van der Waals surface area contributed by atoms with Gasteiger partial charge in [0.15, 0.2) is 0 Å². The number of imidazole rings is 1. The first-order valence-electron chi connectivity index (χ1n) is 11.7. The molecule has 3 aromatic rings. The Balaban J connectivity index is 2.04. The Morgan fingerprint density at radius 2 is 1.69 bits per heavy atom. The summed E-state index contributed by atoms with van der Waals surface area (Å²) in [5.41, 5.74) is 1.68. The summed E-state index contributed by atoms with van der Waals surface area (Å²) < 4.78 is 17.4. The number of aromatic nitrogens is 2. The van der Waals surface area contributed by atoms with Crippen molar-refractivity contribution in [2.75, 3.05) is 19.0 Å². The number of benzene rings is 2. The standard InChI is InChI=1S/C28H31N3O5/c1-6-7-18-35-26(32)30-25-29-19-23(31(25)27(33)36-28(2,3)4)22-14-10-8-12-20(22)16-17-21-13-9-11-15-24(21)34-5/h8-15,19H,6-7,18H2,1-5H3,(H,29,30,32). The molecule has 8 nitrogen and oxygen atoms in total. The van der Waals surface area contributed by atoms with Crippen molar-refractivity contribution >= 4 is 18.1 Å². The fraction of sp³-hybridized carbons (Fsp3) is 0.321. The average molecular weight is 490 g/mol. The summed E-state index contributed by atoms with van der Waals surface area (Å²) in [5, 5.41) is 2.56. The molecule has 0 fully saturated rings. The van der Waals surface area contributed by atoms with E-state index in [1.54, 1.807) is 27.9 Å². The molecule has 0 aliphatic heterocycles. The number of nitrogens with one attached hydrogen (secondary N) is 1. The van der Waals surface area contributed by atoms with Crippen LogP contribution in [0.4, 0.5) is 15.5 Å². The summed E-state index contributed by atoms with van der Waals surface area (Å²) in [7, 11) is 1.59. The third-order valence-corrected chi connectivity index (χ3v) is 4.92. The molecule has 0 aliphatic carbocycles. The van der Waals surface area contributed by atoms with E-state index in [2.05, 4.69) is 22.1 Å². The molecule has 0 atom stereocenters. The van der Waals surface area contributed by atoms with E-state index >= 15 is 0 Å². The van der Waals surface area contributed by atoms with Crippen LogP contribution < -0.4 is 10.1 Å². The highest BCUT2D eigenvalue weighted by Gasteiger charge is 2.26. The van der Waals surface area contributed by atoms with Crippen molar-refractivity contribution in [3.8, 4) is 28.8 Å². The molecule has 188 valence electrons. The Morgan fingerprint density at radius 1 is 1.03 bits per heavy atom. The second kappa shape index (κ2) is 11.9. The minimum atomic E-state index is -0.763. The molecule has 0 saturated carbocycles. The fourth-order valence-corrected chi connectivity index (χ4v) is 3.26. The van der Waals surface area contributed by atoms with Gasteiger partial charge in [0.2, 0.25) is 5.95 Å². The molecule has 0 aliphatic rings. The van der Waals surface area contributed by atoms with Gasteiger partial charge in [0.25, 0.3) is 0 Å². The van der Waals surface area contributed by atoms with Crippen molar-refractivity contribution in [3.05, 3.63) is 65.9 Å². The molecule has 1 heterocycles. The summed E-state index contributed by atoms with van der Waals surface area (Å²) in [5.74, 6) is 6.96. The number of unbranched alkanes of at least 4 members (excludes halogenated alkanes) is 1. The zero-order valence-corrected chi connectivity index (χ0v) is 21.3. The van der Waals surface area contributed by atoms with Gasteiger partial charge in [-0.15, -0.1) is 0 Å². The lowest BCUT2D eigenvalue weighted by Crippen LogP contribution is -2.29. The van der Waals surface area contributed by atoms with Gasteiger partial charge in [-0.3, -0.25) is 5.32 Å². The minimum absolute atomic E-state index is 0.00626. The van der Waals surface area contributed by atoms with E-state index in [1.807, 2.05) is 55.5 Å². The first kappa shape index (κ1) is 26.4. The Hall–Kier alpha value is -4.25. The van der Waals surface area contributed by atoms with Gasteiger partial charge in [-0.1, -0.05) is 55.5 Å². The predicted molar refractivity (Wildman–Crippen MR) is 138 cm³/mol. The van der Waals surface area contributed by atoms with Crippen LogP contribution >= 0.6 is 0 Å². The lowest BCUT2D eigenvalue weighted by atomic mass is 10.0. The summed E-state index contributed by atoms with van der Waals surface area (Å²) in [6, 6.07) is 14.8. The second-order valence-corrected chi connectivity index (χ2v) is 8.89. The van der Waals surface area contributed by atoms with E-state index in [1.165, 1.54) is 10.8 Å². The highest BCUT2D eigenvalue weighted by atomic mass is 16.6. The Bertz CT molecular complexity index is 1280. The van der Waals surface area contributed by atoms with Crippen LogP contribution in [0.25, 0.3) is 11.3 Å². The van der Waals surface area contributed by atoms with E-state index in [0.29, 0.717) is 22.6 Å². The number of hydrogen-bond acceptors (Lipinski definition) is 6. The molecule has 36 heavy (non-hydrogen) atoms. The third kappa shape index (κ3) is 6.89. The van der Waals surface area contributed by atoms with Crippen molar-refractivity contribution in [3.63, 3.8) is 0 Å². The van der Waals surface area contributed by atoms with Crippen molar-refractivity contribution in [2.45, 2.75) is 46.1 Å². The average Bonchev–Trinajstić information content (AvgIpc) is 3.25. The smallest absolute Gasteiger partial charge is 0.421 e. The number of hydrogen-bond donors (Lipinski definition) is 1. The van der Waals surface area contributed by atoms with Crippen LogP contribution in [0.3, 0.4) is 0 Å². The second-order valence-electron chi connectivity index (χ2n) is 8.89. The van der Waals surface area contributed by atoms with Gasteiger partial charge in [0.1, 0.15) is 11.4 Å². The van der Waals surface area contributed by atoms with Gasteiger partial charge in [-0.25, -0.2) is 19.1 Å². The number of rotatable bonds is 6. The molecular formula is C28H31N3O5. The Labute approximate surface area is 211 Å². The molecule has 0 radical (unpaired) electrons. The highest BCUT2D eigenvalue weighted by molar-refractivity contribution is 5.89. The monoisotopic (exact) mass is 489 g/mol. The van der Waals surface area contributed by atoms with Gasteiger partial charge in [0.05, 0.1) is 31.2 Å². The lowest BCUT2D eigenvalue weighted by Gasteiger charge is -2.21. The number of anilines is 1. The van der Waals surface area contributed by atoms with Crippen molar-refractivity contribution in [2.24, 2.45) is 0 Å². The van der Waals surface area contributed by atoms with E-state index in [9.17, 15) is 9.59 Å². The van der Waals surface area contributed by atoms with Crippen LogP contribution in [-0.4, -0.2) is 41.1 Å². The summed E-state index contributed by atoms with van der Waals surface area (Å²) in [6.45, 7) is 7.56. The maximum absolute atomic E-state index is 13.2. The largest absolute Gasteiger partial charge is 0.495 e. The first-order chi connectivity index (χ1) is 17.2. The molecule has 1 amide bonds. The van der Waals surface area contributed by atoms with Crippen LogP contribution in [0.1, 0.15) is 51.7 Å². The maximum Gasteiger partial charge on any atom is 0.421 e. The van der Waals surface area contributed by atoms with Crippen LogP contribution in [0.2, 0.25) is 0 Å². The highest BCUT2D eigenvalue weighted by Crippen LogP contribution is 2.28. The fourth-order valence-electron chi connectivity index (χ4n) is 3.26. The number of ether oxygens (including phenoxy) is 3. The Morgan fingerprint density at radius 3 is 2.39 bits per heavy atom. The van der Waals surface area contributed by atoms with Gasteiger partial charge >= 0.3 is 12.2 Å². The summed E-state index contributed by atoms with van der Waals surface area (Å²) >= 11 is 0. The number of carbonyl (C=O) groups is 2. The van der Waals surface area contributed by atoms with Crippen LogP contribution in [-0.2, 0) is 9.47 Å². The van der Waals surface area contributed by atoms with Gasteiger partial charge in [-0.2, -0.15) is 0 Å². The molecule has 2 aromatic carbocycles. The molecule has 3 rings (SSSR count). The number of methoxy groups -OCH3 is 1. The maximum atomic E-state index is 13.2. The normalized spacial score (nSPS) is 10.7. The van der Waals surface area contributed by atoms with E-state index in [0.717, 1.165) is 18.4 Å². The molecule has 8 heteroatoms. The van der Waals surface area contributed by atoms with Crippen molar-refractivity contribution in [1.29, 1.82) is 0 Å². The van der Waals surface area contributed by atoms with Crippen LogP contribution in [0.15, 0.2) is 54.7 Å². The molecule has 0 saturated heterocycles. The van der Waals surface area contributed by atoms with Gasteiger partial charge < -0.3 is 14.2 Å². The number of para-hydroxylation sites is 1. The van der Waals surface area contributed by atoms with Crippen LogP contribution in [0, 0.1) is 11.8 Å². The molecule has 0 unspecified atom stereocenters. The van der Waals surface area contributed by atoms with Crippen molar-refractivity contribution < 1.29 is 23.8 Å². The number of carbonyl (C=O) groups excluding carboxylic acids is 2. The minimum Gasteiger partial charge on any atom is -0.495 e. The van der Waals surface area contributed by atoms with Gasteiger partial charge in [0, 0.05) is 11.1 Å². The van der Waals surface area contributed by atoms with Crippen LogP contribution in [0.5, 0.6) is 5.75 Å². The lowest BCUT2D eigenvalue weighted by molar-refractivity contribution is 0.0543. The van der Waals surface area contributed by atoms with E-state index in [4.69, 9.17) is 14.2 Å². The molecular weight excluding hydrogens is 458 g/mol.